The smallest absolute Gasteiger partial charge is 0.235 e. The van der Waals surface area contributed by atoms with Gasteiger partial charge in [0, 0.05) is 16.4 Å². The van der Waals surface area contributed by atoms with Crippen molar-refractivity contribution in [2.45, 2.75) is 43.9 Å². The minimum atomic E-state index is -0.154. The van der Waals surface area contributed by atoms with Crippen LogP contribution in [0.2, 0.25) is 0 Å². The Morgan fingerprint density at radius 1 is 1.28 bits per heavy atom. The molecule has 7 nitrogen and oxygen atoms in total. The Kier molecular flexibility index (Phi) is 7.50. The predicted molar refractivity (Wildman–Crippen MR) is 129 cm³/mol. The summed E-state index contributed by atoms with van der Waals surface area (Å²) in [6.07, 6.45) is 5.34. The van der Waals surface area contributed by atoms with Gasteiger partial charge in [0.2, 0.25) is 5.91 Å². The van der Waals surface area contributed by atoms with Gasteiger partial charge in [-0.3, -0.25) is 4.79 Å². The van der Waals surface area contributed by atoms with Crippen LogP contribution in [0.4, 0.5) is 5.00 Å². The molecule has 0 aliphatic heterocycles. The Hall–Kier alpha value is -2.35. The second-order valence-electron chi connectivity index (χ2n) is 7.42. The summed E-state index contributed by atoms with van der Waals surface area (Å²) < 4.78 is 8.57. The summed E-state index contributed by atoms with van der Waals surface area (Å²) in [4.78, 5) is 13.8. The van der Waals surface area contributed by atoms with E-state index in [-0.39, 0.29) is 18.3 Å². The topological polar surface area (TPSA) is 92.8 Å². The van der Waals surface area contributed by atoms with Gasteiger partial charge in [-0.2, -0.15) is 5.26 Å². The maximum Gasteiger partial charge on any atom is 0.235 e. The number of thioether (sulfide) groups is 1. The number of fused-ring (bicyclic) bond motifs is 1. The van der Waals surface area contributed by atoms with Crippen LogP contribution in [0.5, 0.6) is 5.75 Å². The second-order valence-corrected chi connectivity index (χ2v) is 10.4. The third kappa shape index (κ3) is 5.34. The molecule has 2 heterocycles. The number of benzene rings is 1. The number of halogens is 1. The molecule has 32 heavy (non-hydrogen) atoms. The van der Waals surface area contributed by atoms with Crippen LogP contribution in [-0.4, -0.2) is 26.4 Å². The second kappa shape index (κ2) is 10.5. The van der Waals surface area contributed by atoms with E-state index < -0.39 is 0 Å². The third-order valence-electron chi connectivity index (χ3n) is 5.23. The van der Waals surface area contributed by atoms with Crippen molar-refractivity contribution in [1.82, 2.24) is 14.8 Å². The summed E-state index contributed by atoms with van der Waals surface area (Å²) in [7, 11) is 1.85. The van der Waals surface area contributed by atoms with Crippen LogP contribution in [0.1, 0.15) is 41.1 Å². The Labute approximate surface area is 203 Å². The number of carbonyl (C=O) groups excluding carboxylic acids is 1. The molecule has 0 saturated carbocycles. The van der Waals surface area contributed by atoms with Crippen LogP contribution < -0.4 is 10.1 Å². The fourth-order valence-electron chi connectivity index (χ4n) is 3.52. The van der Waals surface area contributed by atoms with Gasteiger partial charge in [-0.05, 0) is 55.5 Å². The van der Waals surface area contributed by atoms with Gasteiger partial charge in [-0.1, -0.05) is 34.1 Å². The molecule has 0 saturated heterocycles. The molecule has 1 aromatic carbocycles. The van der Waals surface area contributed by atoms with Crippen molar-refractivity contribution in [2.24, 2.45) is 7.05 Å². The van der Waals surface area contributed by atoms with Gasteiger partial charge in [0.15, 0.2) is 11.0 Å². The van der Waals surface area contributed by atoms with Crippen LogP contribution in [-0.2, 0) is 31.3 Å². The molecule has 10 heteroatoms. The predicted octanol–water partition coefficient (Wildman–Crippen LogP) is 5.09. The maximum absolute atomic E-state index is 12.6. The molecule has 0 bridgehead atoms. The van der Waals surface area contributed by atoms with Crippen molar-refractivity contribution in [1.29, 1.82) is 5.26 Å². The lowest BCUT2D eigenvalue weighted by Gasteiger charge is -2.07. The molecule has 1 N–H and O–H groups in total. The van der Waals surface area contributed by atoms with Crippen LogP contribution in [0.15, 0.2) is 33.9 Å². The highest BCUT2D eigenvalue weighted by Gasteiger charge is 2.21. The Bertz CT molecular complexity index is 1150. The molecule has 0 unspecified atom stereocenters. The number of rotatable bonds is 7. The summed E-state index contributed by atoms with van der Waals surface area (Å²) in [5.74, 6) is 1.45. The highest BCUT2D eigenvalue weighted by atomic mass is 79.9. The number of hydrogen-bond acceptors (Lipinski definition) is 7. The molecule has 1 aliphatic rings. The quantitative estimate of drug-likeness (QED) is 0.337. The van der Waals surface area contributed by atoms with Crippen LogP contribution in [0.25, 0.3) is 0 Å². The number of hydrogen-bond donors (Lipinski definition) is 1. The number of anilines is 1. The van der Waals surface area contributed by atoms with Crippen LogP contribution in [0.3, 0.4) is 0 Å². The lowest BCUT2D eigenvalue weighted by molar-refractivity contribution is -0.113. The highest BCUT2D eigenvalue weighted by molar-refractivity contribution is 9.10. The fraction of sp³-hybridized carbons (Fsp3) is 0.364. The first kappa shape index (κ1) is 22.8. The highest BCUT2D eigenvalue weighted by Crippen LogP contribution is 2.37. The number of thiophene rings is 1. The van der Waals surface area contributed by atoms with E-state index in [1.54, 1.807) is 11.3 Å². The standard InChI is InChI=1S/C22H22BrN5O2S2/c1-28-19(12-30-15-9-7-14(23)8-10-15)26-27-22(28)31-13-20(29)25-21-17(11-24)16-5-3-2-4-6-18(16)32-21/h7-10H,2-6,12-13H2,1H3,(H,25,29). The summed E-state index contributed by atoms with van der Waals surface area (Å²) in [5, 5.41) is 22.2. The molecule has 0 spiro atoms. The van der Waals surface area contributed by atoms with E-state index in [4.69, 9.17) is 4.74 Å². The zero-order valence-electron chi connectivity index (χ0n) is 17.6. The van der Waals surface area contributed by atoms with Gasteiger partial charge in [0.1, 0.15) is 23.4 Å². The summed E-state index contributed by atoms with van der Waals surface area (Å²) in [5.41, 5.74) is 1.76. The van der Waals surface area contributed by atoms with E-state index >= 15 is 0 Å². The zero-order valence-corrected chi connectivity index (χ0v) is 20.8. The van der Waals surface area contributed by atoms with Gasteiger partial charge >= 0.3 is 0 Å². The van der Waals surface area contributed by atoms with Gasteiger partial charge in [-0.25, -0.2) is 0 Å². The van der Waals surface area contributed by atoms with Gasteiger partial charge in [0.25, 0.3) is 0 Å². The molecule has 3 aromatic rings. The average Bonchev–Trinajstić information content (AvgIpc) is 3.21. The maximum atomic E-state index is 12.6. The fourth-order valence-corrected chi connectivity index (χ4v) is 5.77. The van der Waals surface area contributed by atoms with Crippen molar-refractivity contribution in [3.8, 4) is 11.8 Å². The Morgan fingerprint density at radius 3 is 2.84 bits per heavy atom. The minimum absolute atomic E-state index is 0.154. The van der Waals surface area contributed by atoms with Crippen LogP contribution >= 0.6 is 39.0 Å². The summed E-state index contributed by atoms with van der Waals surface area (Å²) >= 11 is 6.25. The average molecular weight is 532 g/mol. The van der Waals surface area contributed by atoms with Gasteiger partial charge in [0.05, 0.1) is 11.3 Å². The van der Waals surface area contributed by atoms with Crippen molar-refractivity contribution in [2.75, 3.05) is 11.1 Å². The first-order valence-corrected chi connectivity index (χ1v) is 12.9. The van der Waals surface area contributed by atoms with Crippen molar-refractivity contribution >= 4 is 49.9 Å². The van der Waals surface area contributed by atoms with E-state index in [2.05, 4.69) is 37.5 Å². The van der Waals surface area contributed by atoms with Crippen molar-refractivity contribution < 1.29 is 9.53 Å². The van der Waals surface area contributed by atoms with E-state index in [1.165, 1.54) is 23.1 Å². The molecule has 4 rings (SSSR count). The summed E-state index contributed by atoms with van der Waals surface area (Å²) in [6, 6.07) is 9.87. The largest absolute Gasteiger partial charge is 0.486 e. The van der Waals surface area contributed by atoms with E-state index in [1.807, 2.05) is 35.9 Å². The lowest BCUT2D eigenvalue weighted by atomic mass is 10.1. The molecule has 0 fully saturated rings. The van der Waals surface area contributed by atoms with E-state index in [9.17, 15) is 10.1 Å². The van der Waals surface area contributed by atoms with Crippen LogP contribution in [0, 0.1) is 11.3 Å². The van der Waals surface area contributed by atoms with E-state index in [0.29, 0.717) is 21.5 Å². The minimum Gasteiger partial charge on any atom is -0.486 e. The first-order chi connectivity index (χ1) is 15.5. The molecule has 0 radical (unpaired) electrons. The normalized spacial score (nSPS) is 13.2. The number of amides is 1. The molecule has 166 valence electrons. The first-order valence-electron chi connectivity index (χ1n) is 10.3. The number of ether oxygens (including phenoxy) is 1. The van der Waals surface area contributed by atoms with Gasteiger partial charge in [-0.15, -0.1) is 21.5 Å². The van der Waals surface area contributed by atoms with Crippen molar-refractivity contribution in [3.63, 3.8) is 0 Å². The molecular formula is C22H22BrN5O2S2. The molecule has 1 amide bonds. The number of nitriles is 1. The zero-order chi connectivity index (χ0) is 22.5. The summed E-state index contributed by atoms with van der Waals surface area (Å²) in [6.45, 7) is 0.282. The molecule has 1 aliphatic carbocycles. The molecule has 0 atom stereocenters. The Balaban J connectivity index is 1.34. The molecule has 2 aromatic heterocycles. The SMILES string of the molecule is Cn1c(COc2ccc(Br)cc2)nnc1SCC(=O)Nc1sc2c(c1C#N)CCCCC2. The Morgan fingerprint density at radius 2 is 2.06 bits per heavy atom. The number of nitrogens with one attached hydrogen (secondary N) is 1. The molecular weight excluding hydrogens is 510 g/mol. The van der Waals surface area contributed by atoms with Gasteiger partial charge < -0.3 is 14.6 Å². The number of aryl methyl sites for hydroxylation is 1. The number of aromatic nitrogens is 3. The monoisotopic (exact) mass is 531 g/mol. The van der Waals surface area contributed by atoms with E-state index in [0.717, 1.165) is 41.5 Å². The number of carbonyl (C=O) groups is 1. The lowest BCUT2D eigenvalue weighted by Crippen LogP contribution is -2.14. The van der Waals surface area contributed by atoms with Crippen molar-refractivity contribution in [3.05, 3.63) is 50.6 Å². The third-order valence-corrected chi connectivity index (χ3v) is 7.98. The number of nitrogens with zero attached hydrogens (tertiary/aromatic N) is 4.